The Morgan fingerprint density at radius 1 is 1.47 bits per heavy atom. The summed E-state index contributed by atoms with van der Waals surface area (Å²) in [4.78, 5) is 14.0. The highest BCUT2D eigenvalue weighted by Crippen LogP contribution is 2.26. The molecule has 4 heteroatoms. The molecule has 2 N–H and O–H groups in total. The van der Waals surface area contributed by atoms with Gasteiger partial charge in [-0.1, -0.05) is 30.3 Å². The molecule has 1 fully saturated rings. The fourth-order valence-electron chi connectivity index (χ4n) is 2.89. The van der Waals surface area contributed by atoms with Crippen LogP contribution in [0.2, 0.25) is 0 Å². The van der Waals surface area contributed by atoms with E-state index in [1.165, 1.54) is 0 Å². The first-order chi connectivity index (χ1) is 9.22. The Bertz CT molecular complexity index is 406. The lowest BCUT2D eigenvalue weighted by Crippen LogP contribution is -2.44. The number of carbonyl (C=O) groups is 1. The summed E-state index contributed by atoms with van der Waals surface area (Å²) in [5.74, 6) is 0.216. The lowest BCUT2D eigenvalue weighted by atomic mass is 9.95. The summed E-state index contributed by atoms with van der Waals surface area (Å²) >= 11 is 0. The summed E-state index contributed by atoms with van der Waals surface area (Å²) in [5, 5.41) is 0. The summed E-state index contributed by atoms with van der Waals surface area (Å²) in [5.41, 5.74) is 6.59. The lowest BCUT2D eigenvalue weighted by Gasteiger charge is -2.36. The van der Waals surface area contributed by atoms with Gasteiger partial charge in [-0.05, 0) is 30.9 Å². The van der Waals surface area contributed by atoms with E-state index in [9.17, 15) is 4.79 Å². The van der Waals surface area contributed by atoms with Crippen LogP contribution >= 0.6 is 0 Å². The summed E-state index contributed by atoms with van der Waals surface area (Å²) in [6.07, 6.45) is 2.25. The molecule has 1 aromatic carbocycles. The summed E-state index contributed by atoms with van der Waals surface area (Å²) in [6.45, 7) is 2.54. The topological polar surface area (TPSA) is 55.6 Å². The van der Waals surface area contributed by atoms with Gasteiger partial charge in [0.15, 0.2) is 0 Å². The number of nitrogens with zero attached hydrogens (tertiary/aromatic N) is 1. The predicted octanol–water partition coefficient (Wildman–Crippen LogP) is 1.57. The Balaban J connectivity index is 2.13. The van der Waals surface area contributed by atoms with E-state index in [1.807, 2.05) is 30.3 Å². The zero-order valence-corrected chi connectivity index (χ0v) is 11.4. The number of benzene rings is 1. The minimum Gasteiger partial charge on any atom is -0.384 e. The molecule has 1 aromatic rings. The van der Waals surface area contributed by atoms with Crippen LogP contribution in [0.15, 0.2) is 30.3 Å². The Hall–Kier alpha value is -1.39. The highest BCUT2D eigenvalue weighted by Gasteiger charge is 2.30. The maximum absolute atomic E-state index is 11.8. The van der Waals surface area contributed by atoms with Crippen LogP contribution in [0.5, 0.6) is 0 Å². The maximum Gasteiger partial charge on any atom is 0.239 e. The van der Waals surface area contributed by atoms with Gasteiger partial charge in [-0.15, -0.1) is 0 Å². The lowest BCUT2D eigenvalue weighted by molar-refractivity contribution is -0.124. The Morgan fingerprint density at radius 3 is 2.84 bits per heavy atom. The molecule has 1 amide bonds. The molecule has 0 saturated carbocycles. The van der Waals surface area contributed by atoms with E-state index >= 15 is 0 Å². The minimum atomic E-state index is -0.319. The number of rotatable bonds is 5. The molecule has 0 unspecified atom stereocenters. The van der Waals surface area contributed by atoms with Gasteiger partial charge in [-0.2, -0.15) is 0 Å². The SMILES string of the molecule is COC[C@@H]1CCCN([C@H](C(N)=O)c2ccccc2)C1. The largest absolute Gasteiger partial charge is 0.384 e. The Kier molecular flexibility index (Phi) is 4.93. The second-order valence-corrected chi connectivity index (χ2v) is 5.17. The standard InChI is InChI=1S/C15H22N2O2/c1-19-11-12-6-5-9-17(10-12)14(15(16)18)13-7-3-2-4-8-13/h2-4,7-8,12,14H,5-6,9-11H2,1H3,(H2,16,18)/t12-,14+/m1/s1. The molecule has 0 aromatic heterocycles. The number of carbonyl (C=O) groups excluding carboxylic acids is 1. The Labute approximate surface area is 114 Å². The van der Waals surface area contributed by atoms with E-state index in [0.717, 1.165) is 38.1 Å². The van der Waals surface area contributed by atoms with Crippen molar-refractivity contribution in [1.82, 2.24) is 4.90 Å². The van der Waals surface area contributed by atoms with Gasteiger partial charge in [-0.3, -0.25) is 9.69 Å². The van der Waals surface area contributed by atoms with E-state index in [4.69, 9.17) is 10.5 Å². The van der Waals surface area contributed by atoms with Crippen molar-refractivity contribution in [2.45, 2.75) is 18.9 Å². The zero-order chi connectivity index (χ0) is 13.7. The quantitative estimate of drug-likeness (QED) is 0.876. The van der Waals surface area contributed by atoms with Crippen molar-refractivity contribution in [3.05, 3.63) is 35.9 Å². The number of piperidine rings is 1. The number of nitrogens with two attached hydrogens (primary N) is 1. The van der Waals surface area contributed by atoms with E-state index in [2.05, 4.69) is 4.90 Å². The fraction of sp³-hybridized carbons (Fsp3) is 0.533. The number of likely N-dealkylation sites (tertiary alicyclic amines) is 1. The van der Waals surface area contributed by atoms with Crippen molar-refractivity contribution in [3.8, 4) is 0 Å². The van der Waals surface area contributed by atoms with E-state index < -0.39 is 0 Å². The van der Waals surface area contributed by atoms with Gasteiger partial charge in [0, 0.05) is 13.7 Å². The van der Waals surface area contributed by atoms with Gasteiger partial charge >= 0.3 is 0 Å². The van der Waals surface area contributed by atoms with Crippen LogP contribution in [0.1, 0.15) is 24.4 Å². The van der Waals surface area contributed by atoms with Crippen LogP contribution in [-0.4, -0.2) is 37.6 Å². The van der Waals surface area contributed by atoms with Crippen molar-refractivity contribution in [2.75, 3.05) is 26.8 Å². The number of hydrogen-bond acceptors (Lipinski definition) is 3. The third-order valence-electron chi connectivity index (χ3n) is 3.70. The fourth-order valence-corrected chi connectivity index (χ4v) is 2.89. The van der Waals surface area contributed by atoms with Gasteiger partial charge < -0.3 is 10.5 Å². The summed E-state index contributed by atoms with van der Waals surface area (Å²) in [7, 11) is 1.72. The van der Waals surface area contributed by atoms with E-state index in [0.29, 0.717) is 5.92 Å². The molecule has 2 rings (SSSR count). The zero-order valence-electron chi connectivity index (χ0n) is 11.4. The number of methoxy groups -OCH3 is 1. The molecule has 0 bridgehead atoms. The number of primary amides is 1. The number of amides is 1. The highest BCUT2D eigenvalue weighted by atomic mass is 16.5. The number of ether oxygens (including phenoxy) is 1. The van der Waals surface area contributed by atoms with Crippen molar-refractivity contribution in [1.29, 1.82) is 0 Å². The van der Waals surface area contributed by atoms with Crippen LogP contribution in [-0.2, 0) is 9.53 Å². The molecule has 4 nitrogen and oxygen atoms in total. The first-order valence-corrected chi connectivity index (χ1v) is 6.79. The van der Waals surface area contributed by atoms with Crippen molar-refractivity contribution >= 4 is 5.91 Å². The van der Waals surface area contributed by atoms with Gasteiger partial charge in [0.2, 0.25) is 5.91 Å². The number of hydrogen-bond donors (Lipinski definition) is 1. The van der Waals surface area contributed by atoms with Crippen LogP contribution in [0.4, 0.5) is 0 Å². The molecule has 1 saturated heterocycles. The molecule has 1 heterocycles. The third kappa shape index (κ3) is 3.55. The monoisotopic (exact) mass is 262 g/mol. The van der Waals surface area contributed by atoms with Crippen molar-refractivity contribution in [3.63, 3.8) is 0 Å². The molecule has 0 aliphatic carbocycles. The molecule has 0 radical (unpaired) electrons. The maximum atomic E-state index is 11.8. The van der Waals surface area contributed by atoms with Crippen LogP contribution in [0.25, 0.3) is 0 Å². The molecule has 104 valence electrons. The molecule has 0 spiro atoms. The average Bonchev–Trinajstić information content (AvgIpc) is 2.40. The van der Waals surface area contributed by atoms with E-state index in [-0.39, 0.29) is 11.9 Å². The van der Waals surface area contributed by atoms with Crippen LogP contribution in [0.3, 0.4) is 0 Å². The molecular formula is C15H22N2O2. The smallest absolute Gasteiger partial charge is 0.239 e. The van der Waals surface area contributed by atoms with E-state index in [1.54, 1.807) is 7.11 Å². The average molecular weight is 262 g/mol. The first kappa shape index (κ1) is 14.0. The molecular weight excluding hydrogens is 240 g/mol. The second kappa shape index (κ2) is 6.68. The molecule has 1 aliphatic heterocycles. The Morgan fingerprint density at radius 2 is 2.21 bits per heavy atom. The molecule has 2 atom stereocenters. The van der Waals surface area contributed by atoms with Gasteiger partial charge in [0.25, 0.3) is 0 Å². The molecule has 1 aliphatic rings. The van der Waals surface area contributed by atoms with Crippen molar-refractivity contribution in [2.24, 2.45) is 11.7 Å². The summed E-state index contributed by atoms with van der Waals surface area (Å²) in [6, 6.07) is 9.46. The summed E-state index contributed by atoms with van der Waals surface area (Å²) < 4.78 is 5.23. The predicted molar refractivity (Wildman–Crippen MR) is 74.6 cm³/mol. The van der Waals surface area contributed by atoms with Gasteiger partial charge in [0.1, 0.15) is 6.04 Å². The van der Waals surface area contributed by atoms with Gasteiger partial charge in [-0.25, -0.2) is 0 Å². The third-order valence-corrected chi connectivity index (χ3v) is 3.70. The normalized spacial score (nSPS) is 22.1. The second-order valence-electron chi connectivity index (χ2n) is 5.17. The van der Waals surface area contributed by atoms with Gasteiger partial charge in [0.05, 0.1) is 6.61 Å². The first-order valence-electron chi connectivity index (χ1n) is 6.79. The van der Waals surface area contributed by atoms with Crippen molar-refractivity contribution < 1.29 is 9.53 Å². The minimum absolute atomic E-state index is 0.274. The molecule has 19 heavy (non-hydrogen) atoms. The van der Waals surface area contributed by atoms with Crippen LogP contribution in [0, 0.1) is 5.92 Å². The highest BCUT2D eigenvalue weighted by molar-refractivity contribution is 5.81. The van der Waals surface area contributed by atoms with Crippen LogP contribution < -0.4 is 5.73 Å².